The van der Waals surface area contributed by atoms with E-state index < -0.39 is 0 Å². The zero-order chi connectivity index (χ0) is 10.8. The summed E-state index contributed by atoms with van der Waals surface area (Å²) in [4.78, 5) is 13.7. The van der Waals surface area contributed by atoms with Gasteiger partial charge < -0.3 is 14.5 Å². The van der Waals surface area contributed by atoms with Crippen LogP contribution in [0.2, 0.25) is 0 Å². The molecule has 2 heterocycles. The minimum absolute atomic E-state index is 0.0239. The van der Waals surface area contributed by atoms with Crippen molar-refractivity contribution in [2.45, 2.75) is 25.8 Å². The quantitative estimate of drug-likeness (QED) is 0.775. The molecule has 1 N–H and O–H groups in total. The number of hydrogen-bond acceptors (Lipinski definition) is 4. The molecule has 0 bridgehead atoms. The zero-order valence-corrected chi connectivity index (χ0v) is 8.64. The zero-order valence-electron chi connectivity index (χ0n) is 8.64. The van der Waals surface area contributed by atoms with Crippen LogP contribution in [-0.4, -0.2) is 40.3 Å². The molecule has 1 aliphatic heterocycles. The predicted octanol–water partition coefficient (Wildman–Crippen LogP) is 0.580. The highest BCUT2D eigenvalue weighted by Gasteiger charge is 2.30. The van der Waals surface area contributed by atoms with Crippen molar-refractivity contribution in [3.05, 3.63) is 17.5 Å². The molecule has 1 fully saturated rings. The van der Waals surface area contributed by atoms with Crippen molar-refractivity contribution in [1.29, 1.82) is 0 Å². The van der Waals surface area contributed by atoms with Crippen molar-refractivity contribution in [1.82, 2.24) is 10.1 Å². The Bertz CT molecular complexity index is 361. The SMILES string of the molecule is Cc1oncc1C(=O)N1CCCC1CO. The third kappa shape index (κ3) is 1.74. The monoisotopic (exact) mass is 210 g/mol. The normalized spacial score (nSPS) is 20.9. The summed E-state index contributed by atoms with van der Waals surface area (Å²) in [5, 5.41) is 12.7. The molecule has 82 valence electrons. The lowest BCUT2D eigenvalue weighted by molar-refractivity contribution is 0.0676. The fraction of sp³-hybridized carbons (Fsp3) is 0.600. The van der Waals surface area contributed by atoms with Crippen molar-refractivity contribution in [2.24, 2.45) is 0 Å². The summed E-state index contributed by atoms with van der Waals surface area (Å²) in [6, 6.07) is -0.0493. The van der Waals surface area contributed by atoms with Crippen LogP contribution in [0.3, 0.4) is 0 Å². The molecule has 1 saturated heterocycles. The largest absolute Gasteiger partial charge is 0.394 e. The molecular weight excluding hydrogens is 196 g/mol. The van der Waals surface area contributed by atoms with Crippen LogP contribution in [0.5, 0.6) is 0 Å². The lowest BCUT2D eigenvalue weighted by Crippen LogP contribution is -2.37. The Labute approximate surface area is 87.7 Å². The van der Waals surface area contributed by atoms with E-state index in [-0.39, 0.29) is 18.6 Å². The molecule has 1 aromatic rings. The van der Waals surface area contributed by atoms with Gasteiger partial charge in [-0.2, -0.15) is 0 Å². The number of carbonyl (C=O) groups is 1. The van der Waals surface area contributed by atoms with Crippen molar-refractivity contribution in [3.8, 4) is 0 Å². The molecule has 0 radical (unpaired) electrons. The highest BCUT2D eigenvalue weighted by Crippen LogP contribution is 2.20. The number of hydrogen-bond donors (Lipinski definition) is 1. The topological polar surface area (TPSA) is 66.6 Å². The van der Waals surface area contributed by atoms with E-state index in [0.717, 1.165) is 12.8 Å². The van der Waals surface area contributed by atoms with E-state index >= 15 is 0 Å². The second kappa shape index (κ2) is 4.02. The van der Waals surface area contributed by atoms with Crippen LogP contribution in [0, 0.1) is 6.92 Å². The third-order valence-electron chi connectivity index (χ3n) is 2.83. The van der Waals surface area contributed by atoms with Gasteiger partial charge in [-0.25, -0.2) is 0 Å². The molecule has 0 aliphatic carbocycles. The summed E-state index contributed by atoms with van der Waals surface area (Å²) in [6.07, 6.45) is 3.25. The van der Waals surface area contributed by atoms with Gasteiger partial charge in [-0.3, -0.25) is 4.79 Å². The molecule has 1 amide bonds. The first kappa shape index (κ1) is 10.2. The molecule has 1 unspecified atom stereocenters. The van der Waals surface area contributed by atoms with Crippen LogP contribution in [0.4, 0.5) is 0 Å². The van der Waals surface area contributed by atoms with E-state index in [4.69, 9.17) is 9.63 Å². The highest BCUT2D eigenvalue weighted by atomic mass is 16.5. The van der Waals surface area contributed by atoms with Gasteiger partial charge in [0.1, 0.15) is 11.3 Å². The number of aliphatic hydroxyl groups is 1. The van der Waals surface area contributed by atoms with Crippen molar-refractivity contribution in [3.63, 3.8) is 0 Å². The lowest BCUT2D eigenvalue weighted by Gasteiger charge is -2.22. The van der Waals surface area contributed by atoms with Gasteiger partial charge in [0.25, 0.3) is 5.91 Å². The van der Waals surface area contributed by atoms with Gasteiger partial charge in [-0.1, -0.05) is 5.16 Å². The minimum atomic E-state index is -0.0923. The smallest absolute Gasteiger partial charge is 0.259 e. The summed E-state index contributed by atoms with van der Waals surface area (Å²) in [6.45, 7) is 2.44. The van der Waals surface area contributed by atoms with Gasteiger partial charge in [-0.15, -0.1) is 0 Å². The van der Waals surface area contributed by atoms with Crippen LogP contribution < -0.4 is 0 Å². The van der Waals surface area contributed by atoms with Crippen molar-refractivity contribution in [2.75, 3.05) is 13.2 Å². The molecule has 0 spiro atoms. The van der Waals surface area contributed by atoms with E-state index in [9.17, 15) is 4.79 Å². The van der Waals surface area contributed by atoms with Crippen LogP contribution in [0.25, 0.3) is 0 Å². The number of rotatable bonds is 2. The number of nitrogens with zero attached hydrogens (tertiary/aromatic N) is 2. The molecule has 15 heavy (non-hydrogen) atoms. The predicted molar refractivity (Wildman–Crippen MR) is 52.4 cm³/mol. The Balaban J connectivity index is 2.18. The van der Waals surface area contributed by atoms with E-state index in [1.54, 1.807) is 11.8 Å². The molecule has 0 saturated carbocycles. The first-order valence-electron chi connectivity index (χ1n) is 5.07. The standard InChI is InChI=1S/C10H14N2O3/c1-7-9(5-11-15-7)10(14)12-4-2-3-8(12)6-13/h5,8,13H,2-4,6H2,1H3. The summed E-state index contributed by atoms with van der Waals surface area (Å²) < 4.78 is 4.85. The van der Waals surface area contributed by atoms with E-state index in [2.05, 4.69) is 5.16 Å². The molecule has 0 aromatic carbocycles. The number of amides is 1. The Hall–Kier alpha value is -1.36. The average Bonchev–Trinajstić information content (AvgIpc) is 2.84. The van der Waals surface area contributed by atoms with E-state index in [1.807, 2.05) is 0 Å². The molecule has 5 heteroatoms. The number of aryl methyl sites for hydroxylation is 1. The first-order valence-corrected chi connectivity index (χ1v) is 5.07. The molecule has 1 aliphatic rings. The Kier molecular flexibility index (Phi) is 2.73. The van der Waals surface area contributed by atoms with Gasteiger partial charge >= 0.3 is 0 Å². The van der Waals surface area contributed by atoms with E-state index in [1.165, 1.54) is 6.20 Å². The Morgan fingerprint density at radius 3 is 3.20 bits per heavy atom. The number of likely N-dealkylation sites (tertiary alicyclic amines) is 1. The number of carbonyl (C=O) groups excluding carboxylic acids is 1. The number of aliphatic hydroxyl groups excluding tert-OH is 1. The fourth-order valence-electron chi connectivity index (χ4n) is 1.95. The molecule has 2 rings (SSSR count). The first-order chi connectivity index (χ1) is 7.24. The minimum Gasteiger partial charge on any atom is -0.394 e. The molecular formula is C10H14N2O3. The maximum atomic E-state index is 12.0. The summed E-state index contributed by atoms with van der Waals surface area (Å²) in [5.41, 5.74) is 0.496. The summed E-state index contributed by atoms with van der Waals surface area (Å²) >= 11 is 0. The maximum Gasteiger partial charge on any atom is 0.259 e. The lowest BCUT2D eigenvalue weighted by atomic mass is 10.2. The van der Waals surface area contributed by atoms with Crippen LogP contribution in [-0.2, 0) is 0 Å². The summed E-state index contributed by atoms with van der Waals surface area (Å²) in [7, 11) is 0. The van der Waals surface area contributed by atoms with Crippen LogP contribution in [0.15, 0.2) is 10.7 Å². The molecule has 5 nitrogen and oxygen atoms in total. The fourth-order valence-corrected chi connectivity index (χ4v) is 1.95. The molecule has 1 aromatic heterocycles. The van der Waals surface area contributed by atoms with Gasteiger partial charge in [-0.05, 0) is 19.8 Å². The number of aromatic nitrogens is 1. The van der Waals surface area contributed by atoms with Gasteiger partial charge in [0, 0.05) is 6.54 Å². The highest BCUT2D eigenvalue weighted by molar-refractivity contribution is 5.95. The van der Waals surface area contributed by atoms with Gasteiger partial charge in [0.15, 0.2) is 0 Å². The van der Waals surface area contributed by atoms with Gasteiger partial charge in [0.05, 0.1) is 18.8 Å². The average molecular weight is 210 g/mol. The van der Waals surface area contributed by atoms with Crippen LogP contribution in [0.1, 0.15) is 29.0 Å². The maximum absolute atomic E-state index is 12.0. The third-order valence-corrected chi connectivity index (χ3v) is 2.83. The van der Waals surface area contributed by atoms with Gasteiger partial charge in [0.2, 0.25) is 0 Å². The Morgan fingerprint density at radius 1 is 1.80 bits per heavy atom. The van der Waals surface area contributed by atoms with Crippen molar-refractivity contribution < 1.29 is 14.4 Å². The second-order valence-corrected chi connectivity index (χ2v) is 3.77. The van der Waals surface area contributed by atoms with Crippen LogP contribution >= 0.6 is 0 Å². The van der Waals surface area contributed by atoms with Crippen molar-refractivity contribution >= 4 is 5.91 Å². The summed E-state index contributed by atoms with van der Waals surface area (Å²) in [5.74, 6) is 0.439. The Morgan fingerprint density at radius 2 is 2.60 bits per heavy atom. The molecule has 1 atom stereocenters. The second-order valence-electron chi connectivity index (χ2n) is 3.77. The van der Waals surface area contributed by atoms with E-state index in [0.29, 0.717) is 17.9 Å².